The van der Waals surface area contributed by atoms with E-state index >= 15 is 0 Å². The Hall–Kier alpha value is -0.970. The predicted molar refractivity (Wildman–Crippen MR) is 96.7 cm³/mol. The largest absolute Gasteiger partial charge is 0.492 e. The molecule has 1 aromatic rings. The van der Waals surface area contributed by atoms with Gasteiger partial charge in [-0.1, -0.05) is 11.6 Å². The van der Waals surface area contributed by atoms with E-state index in [0.717, 1.165) is 25.3 Å². The Labute approximate surface area is 149 Å². The second kappa shape index (κ2) is 10.7. The van der Waals surface area contributed by atoms with Crippen molar-refractivity contribution < 1.29 is 9.53 Å². The van der Waals surface area contributed by atoms with E-state index in [0.29, 0.717) is 30.5 Å². The maximum atomic E-state index is 12.1. The summed E-state index contributed by atoms with van der Waals surface area (Å²) in [5.41, 5.74) is 0. The van der Waals surface area contributed by atoms with Crippen LogP contribution in [-0.4, -0.2) is 44.1 Å². The molecule has 23 heavy (non-hydrogen) atoms. The number of hydrogen-bond donors (Lipinski definition) is 1. The summed E-state index contributed by atoms with van der Waals surface area (Å²) in [4.78, 5) is 13.9. The molecule has 0 atom stereocenters. The van der Waals surface area contributed by atoms with E-state index < -0.39 is 0 Å². The van der Waals surface area contributed by atoms with Crippen molar-refractivity contribution in [1.29, 1.82) is 0 Å². The molecule has 0 spiro atoms. The van der Waals surface area contributed by atoms with Gasteiger partial charge in [-0.3, -0.25) is 4.79 Å². The maximum Gasteiger partial charge on any atom is 0.222 e. The van der Waals surface area contributed by atoms with Crippen LogP contribution in [0.4, 0.5) is 0 Å². The molecule has 1 fully saturated rings. The smallest absolute Gasteiger partial charge is 0.222 e. The van der Waals surface area contributed by atoms with Crippen LogP contribution in [0.1, 0.15) is 25.7 Å². The van der Waals surface area contributed by atoms with E-state index in [9.17, 15) is 4.79 Å². The molecule has 0 saturated carbocycles. The van der Waals surface area contributed by atoms with E-state index in [1.54, 1.807) is 17.0 Å². The van der Waals surface area contributed by atoms with E-state index in [1.807, 2.05) is 19.2 Å². The minimum atomic E-state index is 0. The lowest BCUT2D eigenvalue weighted by molar-refractivity contribution is -0.130. The van der Waals surface area contributed by atoms with Crippen LogP contribution in [-0.2, 0) is 4.79 Å². The second-order valence-corrected chi connectivity index (χ2v) is 6.29. The highest BCUT2D eigenvalue weighted by Gasteiger charge is 2.16. The fourth-order valence-corrected chi connectivity index (χ4v) is 2.77. The molecule has 0 unspecified atom stereocenters. The molecule has 1 amide bonds. The summed E-state index contributed by atoms with van der Waals surface area (Å²) in [6.45, 7) is 3.28. The first-order valence-corrected chi connectivity index (χ1v) is 8.36. The topological polar surface area (TPSA) is 41.6 Å². The molecule has 1 N–H and O–H groups in total. The molecular formula is C17H26Cl2N2O2. The summed E-state index contributed by atoms with van der Waals surface area (Å²) in [5.74, 6) is 1.68. The van der Waals surface area contributed by atoms with E-state index in [4.69, 9.17) is 16.3 Å². The molecule has 1 heterocycles. The van der Waals surface area contributed by atoms with Crippen LogP contribution in [0.25, 0.3) is 0 Å². The highest BCUT2D eigenvalue weighted by atomic mass is 35.5. The summed E-state index contributed by atoms with van der Waals surface area (Å²) in [5, 5.41) is 4.04. The van der Waals surface area contributed by atoms with Crippen molar-refractivity contribution >= 4 is 29.9 Å². The zero-order valence-corrected chi connectivity index (χ0v) is 15.2. The SMILES string of the molecule is CN(CCOc1ccc(Cl)cc1)C(=O)CCC1CCNCC1.Cl. The monoisotopic (exact) mass is 360 g/mol. The Bertz CT molecular complexity index is 462. The van der Waals surface area contributed by atoms with Gasteiger partial charge in [-0.2, -0.15) is 0 Å². The third kappa shape index (κ3) is 7.42. The minimum Gasteiger partial charge on any atom is -0.492 e. The number of likely N-dealkylation sites (N-methyl/N-ethyl adjacent to an activating group) is 1. The summed E-state index contributed by atoms with van der Waals surface area (Å²) < 4.78 is 5.62. The average Bonchev–Trinajstić information content (AvgIpc) is 2.55. The Morgan fingerprint density at radius 1 is 1.30 bits per heavy atom. The molecule has 1 aromatic carbocycles. The van der Waals surface area contributed by atoms with Gasteiger partial charge >= 0.3 is 0 Å². The lowest BCUT2D eigenvalue weighted by Gasteiger charge is -2.23. The molecule has 6 heteroatoms. The van der Waals surface area contributed by atoms with Gasteiger partial charge in [0.15, 0.2) is 0 Å². The van der Waals surface area contributed by atoms with Crippen LogP contribution >= 0.6 is 24.0 Å². The molecular weight excluding hydrogens is 335 g/mol. The number of rotatable bonds is 7. The van der Waals surface area contributed by atoms with Crippen LogP contribution in [0.2, 0.25) is 5.02 Å². The molecule has 0 aromatic heterocycles. The number of halogens is 2. The highest BCUT2D eigenvalue weighted by molar-refractivity contribution is 6.30. The van der Waals surface area contributed by atoms with Crippen molar-refractivity contribution in [1.82, 2.24) is 10.2 Å². The van der Waals surface area contributed by atoms with Crippen molar-refractivity contribution in [3.8, 4) is 5.75 Å². The molecule has 0 bridgehead atoms. The lowest BCUT2D eigenvalue weighted by atomic mass is 9.93. The number of nitrogens with one attached hydrogen (secondary N) is 1. The number of carbonyl (C=O) groups excluding carboxylic acids is 1. The fraction of sp³-hybridized carbons (Fsp3) is 0.588. The summed E-state index contributed by atoms with van der Waals surface area (Å²) >= 11 is 5.82. The van der Waals surface area contributed by atoms with Gasteiger partial charge in [-0.15, -0.1) is 12.4 Å². The highest BCUT2D eigenvalue weighted by Crippen LogP contribution is 2.18. The summed E-state index contributed by atoms with van der Waals surface area (Å²) in [6.07, 6.45) is 4.03. The molecule has 0 radical (unpaired) electrons. The van der Waals surface area contributed by atoms with Crippen LogP contribution in [0, 0.1) is 5.92 Å². The van der Waals surface area contributed by atoms with E-state index in [-0.39, 0.29) is 18.3 Å². The van der Waals surface area contributed by atoms with Crippen LogP contribution in [0.3, 0.4) is 0 Å². The quantitative estimate of drug-likeness (QED) is 0.810. The number of amides is 1. The van der Waals surface area contributed by atoms with Crippen LogP contribution < -0.4 is 10.1 Å². The van der Waals surface area contributed by atoms with Gasteiger partial charge in [-0.25, -0.2) is 0 Å². The van der Waals surface area contributed by atoms with Crippen molar-refractivity contribution in [3.05, 3.63) is 29.3 Å². The van der Waals surface area contributed by atoms with Gasteiger partial charge < -0.3 is 15.0 Å². The first-order chi connectivity index (χ1) is 10.6. The van der Waals surface area contributed by atoms with Crippen molar-refractivity contribution in [2.75, 3.05) is 33.3 Å². The van der Waals surface area contributed by atoms with Gasteiger partial charge in [0, 0.05) is 18.5 Å². The third-order valence-corrected chi connectivity index (χ3v) is 4.41. The standard InChI is InChI=1S/C17H25ClN2O2.ClH/c1-20(12-13-22-16-5-3-15(18)4-6-16)17(21)7-2-14-8-10-19-11-9-14;/h3-6,14,19H,2,7-13H2,1H3;1H. The molecule has 0 aliphatic carbocycles. The first-order valence-electron chi connectivity index (χ1n) is 7.98. The number of nitrogens with zero attached hydrogens (tertiary/aromatic N) is 1. The first kappa shape index (κ1) is 20.1. The van der Waals surface area contributed by atoms with E-state index in [2.05, 4.69) is 5.32 Å². The average molecular weight is 361 g/mol. The van der Waals surface area contributed by atoms with Gasteiger partial charge in [0.2, 0.25) is 5.91 Å². The number of piperidine rings is 1. The minimum absolute atomic E-state index is 0. The molecule has 1 aliphatic heterocycles. The Morgan fingerprint density at radius 3 is 2.61 bits per heavy atom. The molecule has 130 valence electrons. The maximum absolute atomic E-state index is 12.1. The van der Waals surface area contributed by atoms with E-state index in [1.165, 1.54) is 12.8 Å². The zero-order valence-electron chi connectivity index (χ0n) is 13.6. The van der Waals surface area contributed by atoms with Crippen LogP contribution in [0.5, 0.6) is 5.75 Å². The molecule has 1 saturated heterocycles. The fourth-order valence-electron chi connectivity index (χ4n) is 2.64. The predicted octanol–water partition coefficient (Wildman–Crippen LogP) is 3.38. The number of hydrogen-bond acceptors (Lipinski definition) is 3. The Morgan fingerprint density at radius 2 is 1.96 bits per heavy atom. The zero-order chi connectivity index (χ0) is 15.8. The summed E-state index contributed by atoms with van der Waals surface area (Å²) in [6, 6.07) is 7.26. The molecule has 2 rings (SSSR count). The number of ether oxygens (including phenoxy) is 1. The van der Waals surface area contributed by atoms with Gasteiger partial charge in [0.1, 0.15) is 12.4 Å². The van der Waals surface area contributed by atoms with Crippen molar-refractivity contribution in [2.24, 2.45) is 5.92 Å². The van der Waals surface area contributed by atoms with Gasteiger partial charge in [-0.05, 0) is 62.5 Å². The third-order valence-electron chi connectivity index (χ3n) is 4.16. The summed E-state index contributed by atoms with van der Waals surface area (Å²) in [7, 11) is 1.84. The molecule has 1 aliphatic rings. The lowest BCUT2D eigenvalue weighted by Crippen LogP contribution is -2.32. The normalized spacial score (nSPS) is 14.9. The Kier molecular flexibility index (Phi) is 9.37. The van der Waals surface area contributed by atoms with Crippen LogP contribution in [0.15, 0.2) is 24.3 Å². The number of carbonyl (C=O) groups is 1. The van der Waals surface area contributed by atoms with Gasteiger partial charge in [0.05, 0.1) is 6.54 Å². The van der Waals surface area contributed by atoms with Crippen molar-refractivity contribution in [3.63, 3.8) is 0 Å². The Balaban J connectivity index is 0.00000264. The van der Waals surface area contributed by atoms with Gasteiger partial charge in [0.25, 0.3) is 0 Å². The van der Waals surface area contributed by atoms with Crippen molar-refractivity contribution in [2.45, 2.75) is 25.7 Å². The molecule has 4 nitrogen and oxygen atoms in total. The number of benzene rings is 1. The second-order valence-electron chi connectivity index (χ2n) is 5.85.